The van der Waals surface area contributed by atoms with Gasteiger partial charge in [0.2, 0.25) is 0 Å². The van der Waals surface area contributed by atoms with Gasteiger partial charge in [0.1, 0.15) is 0 Å². The summed E-state index contributed by atoms with van der Waals surface area (Å²) in [6.07, 6.45) is 7.15. The second-order valence-corrected chi connectivity index (χ2v) is 7.14. The number of hydrogen-bond acceptors (Lipinski definition) is 4. The van der Waals surface area contributed by atoms with Gasteiger partial charge in [0, 0.05) is 17.7 Å². The summed E-state index contributed by atoms with van der Waals surface area (Å²) in [6, 6.07) is 7.73. The molecule has 1 saturated carbocycles. The fraction of sp³-hybridized carbons (Fsp3) is 0.550. The number of allylic oxidation sites excluding steroid dienone is 2. The highest BCUT2D eigenvalue weighted by Gasteiger charge is 2.41. The Morgan fingerprint density at radius 1 is 1.32 bits per heavy atom. The lowest BCUT2D eigenvalue weighted by atomic mass is 9.85. The lowest BCUT2D eigenvalue weighted by Crippen LogP contribution is -2.18. The Labute approximate surface area is 154 Å². The molecule has 2 N–H and O–H groups in total. The Hall–Kier alpha value is -1.36. The Morgan fingerprint density at radius 3 is 2.68 bits per heavy atom. The highest BCUT2D eigenvalue weighted by Crippen LogP contribution is 2.44. The van der Waals surface area contributed by atoms with Gasteiger partial charge < -0.3 is 14.9 Å². The molecule has 0 radical (unpaired) electrons. The predicted molar refractivity (Wildman–Crippen MR) is 98.5 cm³/mol. The van der Waals surface area contributed by atoms with Gasteiger partial charge in [-0.1, -0.05) is 36.4 Å². The smallest absolute Gasteiger partial charge is 0.305 e. The summed E-state index contributed by atoms with van der Waals surface area (Å²) in [4.78, 5) is 11.1. The van der Waals surface area contributed by atoms with Gasteiger partial charge in [0.25, 0.3) is 0 Å². The molecule has 4 unspecified atom stereocenters. The number of carbonyl (C=O) groups excluding carboxylic acids is 1. The van der Waals surface area contributed by atoms with E-state index in [1.807, 2.05) is 24.3 Å². The number of unbranched alkanes of at least 4 members (excludes halogenated alkanes) is 1. The molecule has 1 aliphatic rings. The first-order chi connectivity index (χ1) is 12.1. The van der Waals surface area contributed by atoms with Crippen LogP contribution in [0.5, 0.6) is 0 Å². The number of hydrogen-bond donors (Lipinski definition) is 2. The Bertz CT molecular complexity index is 570. The molecule has 1 aliphatic carbocycles. The Morgan fingerprint density at radius 2 is 2.04 bits per heavy atom. The maximum absolute atomic E-state index is 11.1. The Balaban J connectivity index is 1.93. The van der Waals surface area contributed by atoms with Crippen LogP contribution in [0.25, 0.3) is 0 Å². The van der Waals surface area contributed by atoms with E-state index in [-0.39, 0.29) is 29.8 Å². The largest absolute Gasteiger partial charge is 0.469 e. The van der Waals surface area contributed by atoms with E-state index in [2.05, 4.69) is 16.9 Å². The summed E-state index contributed by atoms with van der Waals surface area (Å²) in [5.74, 6) is 0.00277. The van der Waals surface area contributed by atoms with Gasteiger partial charge in [0.15, 0.2) is 0 Å². The first-order valence-corrected chi connectivity index (χ1v) is 9.24. The number of halogens is 1. The molecule has 1 aromatic carbocycles. The van der Waals surface area contributed by atoms with Crippen LogP contribution in [-0.4, -0.2) is 34.8 Å². The first-order valence-electron chi connectivity index (χ1n) is 8.80. The molecule has 0 bridgehead atoms. The molecule has 0 amide bonds. The number of methoxy groups -OCH3 is 1. The highest BCUT2D eigenvalue weighted by molar-refractivity contribution is 6.21. The van der Waals surface area contributed by atoms with Crippen molar-refractivity contribution in [1.82, 2.24) is 0 Å². The zero-order valence-corrected chi connectivity index (χ0v) is 15.4. The van der Waals surface area contributed by atoms with Gasteiger partial charge in [-0.05, 0) is 42.7 Å². The third-order valence-corrected chi connectivity index (χ3v) is 5.41. The highest BCUT2D eigenvalue weighted by atomic mass is 35.5. The zero-order valence-electron chi connectivity index (χ0n) is 14.6. The molecule has 0 heterocycles. The quantitative estimate of drug-likeness (QED) is 0.319. The molecule has 5 heteroatoms. The van der Waals surface area contributed by atoms with Crippen LogP contribution in [0.3, 0.4) is 0 Å². The minimum absolute atomic E-state index is 0.00922. The van der Waals surface area contributed by atoms with E-state index in [0.29, 0.717) is 12.8 Å². The monoisotopic (exact) mass is 366 g/mol. The van der Waals surface area contributed by atoms with Gasteiger partial charge in [-0.25, -0.2) is 0 Å². The SMILES string of the molecule is COC(=O)CCC/C=C\CC1C(Cl)CC(O)C1c1ccc(CO)cc1. The molecule has 138 valence electrons. The number of alkyl halides is 1. The number of esters is 1. The van der Waals surface area contributed by atoms with E-state index in [9.17, 15) is 9.90 Å². The topological polar surface area (TPSA) is 66.8 Å². The van der Waals surface area contributed by atoms with Gasteiger partial charge in [-0.2, -0.15) is 0 Å². The summed E-state index contributed by atoms with van der Waals surface area (Å²) in [6.45, 7) is 0.0172. The van der Waals surface area contributed by atoms with Crippen LogP contribution >= 0.6 is 11.6 Å². The van der Waals surface area contributed by atoms with Crippen molar-refractivity contribution in [2.45, 2.75) is 56.1 Å². The molecular weight excluding hydrogens is 340 g/mol. The standard InChI is InChI=1S/C20H27ClO4/c1-25-19(24)7-5-3-2-4-6-16-17(21)12-18(23)20(16)15-10-8-14(13-22)9-11-15/h2,4,8-11,16-18,20,22-23H,3,5-7,12-13H2,1H3/b4-2-. The molecular formula is C20H27ClO4. The van der Waals surface area contributed by atoms with Crippen LogP contribution in [0.1, 0.15) is 49.1 Å². The fourth-order valence-corrected chi connectivity index (χ4v) is 3.95. The van der Waals surface area contributed by atoms with Crippen molar-refractivity contribution in [3.05, 3.63) is 47.5 Å². The van der Waals surface area contributed by atoms with Crippen molar-refractivity contribution in [2.75, 3.05) is 7.11 Å². The Kier molecular flexibility index (Phi) is 7.94. The van der Waals surface area contributed by atoms with Crippen LogP contribution in [0.15, 0.2) is 36.4 Å². The summed E-state index contributed by atoms with van der Waals surface area (Å²) >= 11 is 6.48. The number of aliphatic hydroxyl groups is 2. The number of rotatable bonds is 8. The van der Waals surface area contributed by atoms with Crippen molar-refractivity contribution < 1.29 is 19.7 Å². The molecule has 1 fully saturated rings. The summed E-state index contributed by atoms with van der Waals surface area (Å²) in [5.41, 5.74) is 1.93. The first kappa shape index (κ1) is 20.0. The number of carbonyl (C=O) groups is 1. The van der Waals surface area contributed by atoms with E-state index >= 15 is 0 Å². The summed E-state index contributed by atoms with van der Waals surface area (Å²) in [7, 11) is 1.40. The minimum atomic E-state index is -0.444. The van der Waals surface area contributed by atoms with Gasteiger partial charge >= 0.3 is 5.97 Å². The van der Waals surface area contributed by atoms with Crippen molar-refractivity contribution in [2.24, 2.45) is 5.92 Å². The number of aliphatic hydroxyl groups excluding tert-OH is 2. The molecule has 0 spiro atoms. The normalized spacial score (nSPS) is 26.2. The number of ether oxygens (including phenoxy) is 1. The average molecular weight is 367 g/mol. The van der Waals surface area contributed by atoms with E-state index in [1.165, 1.54) is 7.11 Å². The van der Waals surface area contributed by atoms with E-state index in [1.54, 1.807) is 0 Å². The summed E-state index contributed by atoms with van der Waals surface area (Å²) < 4.78 is 4.62. The third-order valence-electron chi connectivity index (χ3n) is 4.91. The predicted octanol–water partition coefficient (Wildman–Crippen LogP) is 3.54. The van der Waals surface area contributed by atoms with Crippen LogP contribution in [0, 0.1) is 5.92 Å². The van der Waals surface area contributed by atoms with E-state index < -0.39 is 6.10 Å². The molecule has 4 atom stereocenters. The minimum Gasteiger partial charge on any atom is -0.469 e. The van der Waals surface area contributed by atoms with Crippen LogP contribution < -0.4 is 0 Å². The van der Waals surface area contributed by atoms with E-state index in [0.717, 1.165) is 30.4 Å². The lowest BCUT2D eigenvalue weighted by molar-refractivity contribution is -0.140. The lowest BCUT2D eigenvalue weighted by Gasteiger charge is -2.23. The van der Waals surface area contributed by atoms with Crippen molar-refractivity contribution >= 4 is 17.6 Å². The van der Waals surface area contributed by atoms with Gasteiger partial charge in [-0.15, -0.1) is 11.6 Å². The molecule has 2 rings (SSSR count). The summed E-state index contributed by atoms with van der Waals surface area (Å²) in [5, 5.41) is 19.5. The van der Waals surface area contributed by atoms with Crippen molar-refractivity contribution in [3.8, 4) is 0 Å². The maximum Gasteiger partial charge on any atom is 0.305 e. The molecule has 4 nitrogen and oxygen atoms in total. The molecule has 0 aliphatic heterocycles. The molecule has 0 saturated heterocycles. The van der Waals surface area contributed by atoms with Crippen LogP contribution in [0.2, 0.25) is 0 Å². The second-order valence-electron chi connectivity index (χ2n) is 6.58. The maximum atomic E-state index is 11.1. The van der Waals surface area contributed by atoms with Crippen molar-refractivity contribution in [1.29, 1.82) is 0 Å². The molecule has 25 heavy (non-hydrogen) atoms. The third kappa shape index (κ3) is 5.56. The number of benzene rings is 1. The fourth-order valence-electron chi connectivity index (χ4n) is 3.51. The van der Waals surface area contributed by atoms with Crippen LogP contribution in [0.4, 0.5) is 0 Å². The van der Waals surface area contributed by atoms with Gasteiger partial charge in [-0.3, -0.25) is 4.79 Å². The average Bonchev–Trinajstić information content (AvgIpc) is 2.91. The van der Waals surface area contributed by atoms with Crippen LogP contribution in [-0.2, 0) is 16.1 Å². The van der Waals surface area contributed by atoms with Crippen molar-refractivity contribution in [3.63, 3.8) is 0 Å². The molecule has 0 aromatic heterocycles. The van der Waals surface area contributed by atoms with E-state index in [4.69, 9.17) is 16.7 Å². The zero-order chi connectivity index (χ0) is 18.2. The second kappa shape index (κ2) is 9.95. The molecule has 1 aromatic rings. The van der Waals surface area contributed by atoms with Gasteiger partial charge in [0.05, 0.1) is 19.8 Å².